The summed E-state index contributed by atoms with van der Waals surface area (Å²) in [7, 11) is 0. The molecule has 2 nitrogen and oxygen atoms in total. The maximum Gasteiger partial charge on any atom is 0.0740 e. The summed E-state index contributed by atoms with van der Waals surface area (Å²) in [6, 6.07) is 6.66. The van der Waals surface area contributed by atoms with Gasteiger partial charge in [0.05, 0.1) is 5.52 Å². The largest absolute Gasteiger partial charge is 0.313 e. The first-order valence-electron chi connectivity index (χ1n) is 7.98. The zero-order valence-corrected chi connectivity index (χ0v) is 12.6. The van der Waals surface area contributed by atoms with E-state index in [9.17, 15) is 0 Å². The lowest BCUT2D eigenvalue weighted by Crippen LogP contribution is -2.16. The number of fused-ring (bicyclic) bond motifs is 2. The van der Waals surface area contributed by atoms with Gasteiger partial charge in [0.25, 0.3) is 0 Å². The Morgan fingerprint density at radius 3 is 2.90 bits per heavy atom. The summed E-state index contributed by atoms with van der Waals surface area (Å²) in [5, 5.41) is 4.95. The van der Waals surface area contributed by atoms with Crippen LogP contribution in [0.1, 0.15) is 49.1 Å². The average Bonchev–Trinajstić information content (AvgIpc) is 2.94. The van der Waals surface area contributed by atoms with Crippen molar-refractivity contribution in [2.75, 3.05) is 6.54 Å². The second-order valence-electron chi connectivity index (χ2n) is 5.71. The first kappa shape index (κ1) is 13.6. The minimum atomic E-state index is 0.988. The Kier molecular flexibility index (Phi) is 4.02. The third-order valence-corrected chi connectivity index (χ3v) is 4.35. The number of para-hydroxylation sites is 1. The number of rotatable bonds is 5. The summed E-state index contributed by atoms with van der Waals surface area (Å²) in [5.74, 6) is 0. The lowest BCUT2D eigenvalue weighted by molar-refractivity contribution is 0.674. The minimum Gasteiger partial charge on any atom is -0.313 e. The highest BCUT2D eigenvalue weighted by Crippen LogP contribution is 2.31. The number of pyridine rings is 1. The van der Waals surface area contributed by atoms with E-state index in [1.165, 1.54) is 52.5 Å². The van der Waals surface area contributed by atoms with Crippen molar-refractivity contribution in [3.63, 3.8) is 0 Å². The summed E-state index contributed by atoms with van der Waals surface area (Å²) in [6.45, 7) is 6.52. The summed E-state index contributed by atoms with van der Waals surface area (Å²) in [6.07, 6.45) is 5.87. The van der Waals surface area contributed by atoms with Gasteiger partial charge >= 0.3 is 0 Å². The Morgan fingerprint density at radius 1 is 1.20 bits per heavy atom. The lowest BCUT2D eigenvalue weighted by Gasteiger charge is -2.15. The fraction of sp³-hybridized carbons (Fsp3) is 0.500. The van der Waals surface area contributed by atoms with Crippen molar-refractivity contribution >= 4 is 10.9 Å². The molecule has 0 amide bonds. The van der Waals surface area contributed by atoms with Crippen molar-refractivity contribution in [2.24, 2.45) is 0 Å². The van der Waals surface area contributed by atoms with E-state index in [2.05, 4.69) is 37.4 Å². The highest BCUT2D eigenvalue weighted by atomic mass is 14.8. The fourth-order valence-electron chi connectivity index (χ4n) is 3.32. The molecule has 0 saturated heterocycles. The van der Waals surface area contributed by atoms with Gasteiger partial charge in [0.2, 0.25) is 0 Å². The molecule has 0 atom stereocenters. The van der Waals surface area contributed by atoms with Crippen LogP contribution in [-0.4, -0.2) is 11.5 Å². The lowest BCUT2D eigenvalue weighted by atomic mass is 9.98. The Balaban J connectivity index is 2.14. The summed E-state index contributed by atoms with van der Waals surface area (Å²) in [4.78, 5) is 4.99. The van der Waals surface area contributed by atoms with Crippen LogP contribution in [0.4, 0.5) is 0 Å². The minimum absolute atomic E-state index is 0.988. The van der Waals surface area contributed by atoms with Crippen LogP contribution in [0, 0.1) is 0 Å². The number of aromatic nitrogens is 1. The molecule has 1 heterocycles. The number of nitrogens with one attached hydrogen (secondary N) is 1. The molecular weight excluding hydrogens is 244 g/mol. The van der Waals surface area contributed by atoms with E-state index in [0.717, 1.165) is 25.9 Å². The normalized spacial score (nSPS) is 13.9. The second kappa shape index (κ2) is 5.92. The van der Waals surface area contributed by atoms with E-state index in [0.29, 0.717) is 0 Å². The van der Waals surface area contributed by atoms with Crippen LogP contribution in [0.15, 0.2) is 18.2 Å². The number of hydrogen-bond acceptors (Lipinski definition) is 2. The Morgan fingerprint density at radius 2 is 2.10 bits per heavy atom. The second-order valence-corrected chi connectivity index (χ2v) is 5.71. The molecule has 0 fully saturated rings. The van der Waals surface area contributed by atoms with E-state index in [1.807, 2.05) is 0 Å². The molecule has 2 heteroatoms. The van der Waals surface area contributed by atoms with Gasteiger partial charge in [-0.05, 0) is 55.3 Å². The van der Waals surface area contributed by atoms with Crippen LogP contribution in [0.5, 0.6) is 0 Å². The van der Waals surface area contributed by atoms with E-state index < -0.39 is 0 Å². The molecule has 1 aromatic heterocycles. The van der Waals surface area contributed by atoms with Crippen LogP contribution in [0.3, 0.4) is 0 Å². The Hall–Kier alpha value is -1.41. The maximum absolute atomic E-state index is 4.99. The Labute approximate surface area is 121 Å². The van der Waals surface area contributed by atoms with E-state index in [-0.39, 0.29) is 0 Å². The highest BCUT2D eigenvalue weighted by molar-refractivity contribution is 5.86. The first-order valence-corrected chi connectivity index (χ1v) is 7.98. The van der Waals surface area contributed by atoms with Crippen LogP contribution in [0.2, 0.25) is 0 Å². The number of benzene rings is 1. The molecule has 20 heavy (non-hydrogen) atoms. The molecule has 2 aromatic rings. The molecule has 0 saturated carbocycles. The van der Waals surface area contributed by atoms with Crippen LogP contribution >= 0.6 is 0 Å². The van der Waals surface area contributed by atoms with Crippen molar-refractivity contribution in [3.05, 3.63) is 40.6 Å². The molecule has 0 aliphatic heterocycles. The molecular formula is C18H24N2. The molecule has 0 spiro atoms. The maximum atomic E-state index is 4.99. The topological polar surface area (TPSA) is 24.9 Å². The van der Waals surface area contributed by atoms with Gasteiger partial charge in [0.15, 0.2) is 0 Å². The monoisotopic (exact) mass is 268 g/mol. The SMILES string of the molecule is CCCNCc1c2c(nc3c(CC)cccc13)CCC2. The van der Waals surface area contributed by atoms with Gasteiger partial charge in [-0.2, -0.15) is 0 Å². The van der Waals surface area contributed by atoms with Crippen LogP contribution < -0.4 is 5.32 Å². The third kappa shape index (κ3) is 2.33. The van der Waals surface area contributed by atoms with Crippen LogP contribution in [0.25, 0.3) is 10.9 Å². The van der Waals surface area contributed by atoms with Gasteiger partial charge in [-0.25, -0.2) is 0 Å². The van der Waals surface area contributed by atoms with Crippen molar-refractivity contribution in [2.45, 2.75) is 52.5 Å². The molecule has 1 aliphatic rings. The van der Waals surface area contributed by atoms with Crippen molar-refractivity contribution in [1.29, 1.82) is 0 Å². The zero-order valence-electron chi connectivity index (χ0n) is 12.6. The summed E-state index contributed by atoms with van der Waals surface area (Å²) in [5.41, 5.74) is 7.00. The first-order chi connectivity index (χ1) is 9.85. The standard InChI is InChI=1S/C18H24N2/c1-3-11-19-12-16-14-8-6-10-17(14)20-18-13(4-2)7-5-9-15(16)18/h5,7,9,19H,3-4,6,8,10-12H2,1-2H3. The van der Waals surface area contributed by atoms with E-state index in [1.54, 1.807) is 0 Å². The smallest absolute Gasteiger partial charge is 0.0740 e. The van der Waals surface area contributed by atoms with Gasteiger partial charge in [-0.1, -0.05) is 32.0 Å². The van der Waals surface area contributed by atoms with Gasteiger partial charge < -0.3 is 5.32 Å². The summed E-state index contributed by atoms with van der Waals surface area (Å²) < 4.78 is 0. The molecule has 3 rings (SSSR count). The van der Waals surface area contributed by atoms with Crippen molar-refractivity contribution in [3.8, 4) is 0 Å². The quantitative estimate of drug-likeness (QED) is 0.835. The zero-order chi connectivity index (χ0) is 13.9. The Bertz CT molecular complexity index is 616. The predicted octanol–water partition coefficient (Wildman–Crippen LogP) is 3.79. The van der Waals surface area contributed by atoms with Gasteiger partial charge in [0.1, 0.15) is 0 Å². The molecule has 1 N–H and O–H groups in total. The molecule has 1 aliphatic carbocycles. The third-order valence-electron chi connectivity index (χ3n) is 4.35. The number of aryl methyl sites for hydroxylation is 2. The summed E-state index contributed by atoms with van der Waals surface area (Å²) >= 11 is 0. The molecule has 0 radical (unpaired) electrons. The van der Waals surface area contributed by atoms with Gasteiger partial charge in [-0.15, -0.1) is 0 Å². The molecule has 1 aromatic carbocycles. The highest BCUT2D eigenvalue weighted by Gasteiger charge is 2.19. The van der Waals surface area contributed by atoms with Crippen molar-refractivity contribution in [1.82, 2.24) is 10.3 Å². The number of hydrogen-bond donors (Lipinski definition) is 1. The van der Waals surface area contributed by atoms with E-state index in [4.69, 9.17) is 4.98 Å². The molecule has 0 unspecified atom stereocenters. The molecule has 106 valence electrons. The van der Waals surface area contributed by atoms with E-state index >= 15 is 0 Å². The number of nitrogens with zero attached hydrogens (tertiary/aromatic N) is 1. The van der Waals surface area contributed by atoms with Gasteiger partial charge in [-0.3, -0.25) is 4.98 Å². The van der Waals surface area contributed by atoms with Gasteiger partial charge in [0, 0.05) is 17.6 Å². The fourth-order valence-corrected chi connectivity index (χ4v) is 3.32. The van der Waals surface area contributed by atoms with Crippen molar-refractivity contribution < 1.29 is 0 Å². The molecule has 0 bridgehead atoms. The predicted molar refractivity (Wildman–Crippen MR) is 85.1 cm³/mol. The van der Waals surface area contributed by atoms with Crippen LogP contribution in [-0.2, 0) is 25.8 Å². The average molecular weight is 268 g/mol.